The van der Waals surface area contributed by atoms with Crippen LogP contribution in [0.5, 0.6) is 0 Å². The van der Waals surface area contributed by atoms with E-state index in [1.807, 2.05) is 19.1 Å². The van der Waals surface area contributed by atoms with Crippen molar-refractivity contribution in [3.05, 3.63) is 46.1 Å². The summed E-state index contributed by atoms with van der Waals surface area (Å²) < 4.78 is 4.99. The fourth-order valence-electron chi connectivity index (χ4n) is 3.49. The molecule has 26 heavy (non-hydrogen) atoms. The van der Waals surface area contributed by atoms with Crippen LogP contribution in [-0.4, -0.2) is 18.2 Å². The maximum atomic E-state index is 12.4. The third-order valence-electron chi connectivity index (χ3n) is 4.79. The highest BCUT2D eigenvalue weighted by Crippen LogP contribution is 2.34. The van der Waals surface area contributed by atoms with Crippen LogP contribution in [-0.2, 0) is 17.7 Å². The number of aryl methyl sites for hydroxylation is 1. The molecule has 0 spiro atoms. The Bertz CT molecular complexity index is 819. The van der Waals surface area contributed by atoms with Crippen LogP contribution in [0.2, 0.25) is 0 Å². The molecule has 0 N–H and O–H groups in total. The maximum Gasteiger partial charge on any atom is 0.415 e. The van der Waals surface area contributed by atoms with Crippen molar-refractivity contribution < 1.29 is 9.53 Å². The Balaban J connectivity index is 1.84. The molecule has 0 aliphatic heterocycles. The second-order valence-electron chi connectivity index (χ2n) is 6.72. The molecule has 1 aliphatic rings. The van der Waals surface area contributed by atoms with E-state index in [2.05, 4.69) is 6.07 Å². The highest BCUT2D eigenvalue weighted by molar-refractivity contribution is 7.16. The Labute approximate surface area is 158 Å². The average molecular weight is 369 g/mol. The van der Waals surface area contributed by atoms with Crippen molar-refractivity contribution in [1.29, 1.82) is 5.26 Å². The summed E-state index contributed by atoms with van der Waals surface area (Å²) in [6.45, 7) is 2.29. The van der Waals surface area contributed by atoms with Gasteiger partial charge in [-0.3, -0.25) is 4.90 Å². The van der Waals surface area contributed by atoms with Crippen LogP contribution in [0.15, 0.2) is 24.3 Å². The number of amides is 1. The zero-order valence-electron chi connectivity index (χ0n) is 15.2. The summed E-state index contributed by atoms with van der Waals surface area (Å²) in [7, 11) is 1.39. The van der Waals surface area contributed by atoms with E-state index in [4.69, 9.17) is 15.0 Å². The number of anilines is 1. The lowest BCUT2D eigenvalue weighted by Crippen LogP contribution is -2.30. The van der Waals surface area contributed by atoms with Crippen molar-refractivity contribution in [3.8, 4) is 6.07 Å². The molecule has 0 saturated heterocycles. The number of nitriles is 1. The molecule has 6 heteroatoms. The normalized spacial score (nSPS) is 14.2. The van der Waals surface area contributed by atoms with E-state index >= 15 is 0 Å². The van der Waals surface area contributed by atoms with Gasteiger partial charge < -0.3 is 4.74 Å². The first kappa shape index (κ1) is 18.4. The third kappa shape index (κ3) is 4.23. The number of nitrogens with zero attached hydrogens (tertiary/aromatic N) is 3. The van der Waals surface area contributed by atoms with E-state index in [9.17, 15) is 4.79 Å². The van der Waals surface area contributed by atoms with E-state index in [-0.39, 0.29) is 0 Å². The van der Waals surface area contributed by atoms with Crippen LogP contribution >= 0.6 is 11.3 Å². The molecule has 1 aliphatic carbocycles. The topological polar surface area (TPSA) is 66.2 Å². The number of methoxy groups -OCH3 is 1. The lowest BCUT2D eigenvalue weighted by atomic mass is 10.1. The molecule has 0 radical (unpaired) electrons. The highest BCUT2D eigenvalue weighted by Gasteiger charge is 2.24. The molecule has 3 rings (SSSR count). The van der Waals surface area contributed by atoms with Crippen molar-refractivity contribution >= 4 is 22.4 Å². The fraction of sp³-hybridized carbons (Fsp3) is 0.450. The van der Waals surface area contributed by atoms with Crippen molar-refractivity contribution in [3.63, 3.8) is 0 Å². The summed E-state index contributed by atoms with van der Waals surface area (Å²) in [5.41, 5.74) is 2.32. The van der Waals surface area contributed by atoms with Crippen molar-refractivity contribution in [2.75, 3.05) is 12.0 Å². The first-order valence-corrected chi connectivity index (χ1v) is 9.73. The molecule has 0 bridgehead atoms. The van der Waals surface area contributed by atoms with Gasteiger partial charge in [0.2, 0.25) is 0 Å². The monoisotopic (exact) mass is 369 g/mol. The van der Waals surface area contributed by atoms with Gasteiger partial charge in [0.25, 0.3) is 0 Å². The Morgan fingerprint density at radius 2 is 2.19 bits per heavy atom. The van der Waals surface area contributed by atoms with Crippen LogP contribution < -0.4 is 4.90 Å². The second-order valence-corrected chi connectivity index (χ2v) is 7.78. The van der Waals surface area contributed by atoms with Crippen LogP contribution in [0, 0.1) is 24.2 Å². The molecule has 1 saturated carbocycles. The van der Waals surface area contributed by atoms with Gasteiger partial charge in [0, 0.05) is 6.42 Å². The standard InChI is InChI=1S/C20H23N3O2S/c1-14-19(26-18(22-14)11-15-6-3-4-7-15)23(20(24)25-2)13-17-9-5-8-16(10-17)12-21/h5,8-10,15H,3-4,6-7,11,13H2,1-2H3. The molecule has 1 amide bonds. The Kier molecular flexibility index (Phi) is 5.89. The maximum absolute atomic E-state index is 12.4. The molecule has 1 fully saturated rings. The minimum atomic E-state index is -0.411. The number of ether oxygens (including phenoxy) is 1. The molecule has 1 aromatic carbocycles. The van der Waals surface area contributed by atoms with Crippen LogP contribution in [0.25, 0.3) is 0 Å². The van der Waals surface area contributed by atoms with Gasteiger partial charge in [-0.1, -0.05) is 37.8 Å². The van der Waals surface area contributed by atoms with Crippen LogP contribution in [0.4, 0.5) is 9.80 Å². The van der Waals surface area contributed by atoms with E-state index in [1.165, 1.54) is 32.8 Å². The third-order valence-corrected chi connectivity index (χ3v) is 5.99. The molecule has 1 heterocycles. The molecule has 1 aromatic heterocycles. The number of thiazole rings is 1. The number of carbonyl (C=O) groups excluding carboxylic acids is 1. The number of carbonyl (C=O) groups is 1. The molecule has 5 nitrogen and oxygen atoms in total. The number of hydrogen-bond acceptors (Lipinski definition) is 5. The van der Waals surface area contributed by atoms with Crippen molar-refractivity contribution in [1.82, 2.24) is 4.98 Å². The summed E-state index contributed by atoms with van der Waals surface area (Å²) >= 11 is 1.58. The Hall–Kier alpha value is -2.39. The van der Waals surface area contributed by atoms with Crippen LogP contribution in [0.3, 0.4) is 0 Å². The second kappa shape index (κ2) is 8.33. The molecule has 0 atom stereocenters. The van der Waals surface area contributed by atoms with Gasteiger partial charge in [0.15, 0.2) is 0 Å². The molecular weight excluding hydrogens is 346 g/mol. The number of aromatic nitrogens is 1. The van der Waals surface area contributed by atoms with Crippen molar-refractivity contribution in [2.24, 2.45) is 5.92 Å². The van der Waals surface area contributed by atoms with E-state index in [1.54, 1.807) is 28.4 Å². The van der Waals surface area contributed by atoms with E-state index in [0.29, 0.717) is 18.0 Å². The molecule has 136 valence electrons. The zero-order chi connectivity index (χ0) is 18.5. The smallest absolute Gasteiger partial charge is 0.415 e. The Morgan fingerprint density at radius 1 is 1.42 bits per heavy atom. The van der Waals surface area contributed by atoms with E-state index < -0.39 is 6.09 Å². The minimum Gasteiger partial charge on any atom is -0.452 e. The number of benzene rings is 1. The average Bonchev–Trinajstić information content (AvgIpc) is 3.29. The highest BCUT2D eigenvalue weighted by atomic mass is 32.1. The van der Waals surface area contributed by atoms with Gasteiger partial charge in [-0.25, -0.2) is 9.78 Å². The van der Waals surface area contributed by atoms with Gasteiger partial charge in [-0.05, 0) is 30.5 Å². The summed E-state index contributed by atoms with van der Waals surface area (Å²) in [5.74, 6) is 0.715. The molecular formula is C20H23N3O2S. The number of hydrogen-bond donors (Lipinski definition) is 0. The first-order chi connectivity index (χ1) is 12.6. The van der Waals surface area contributed by atoms with Crippen LogP contribution in [0.1, 0.15) is 47.5 Å². The Morgan fingerprint density at radius 3 is 2.88 bits per heavy atom. The van der Waals surface area contributed by atoms with Gasteiger partial charge in [-0.15, -0.1) is 11.3 Å². The van der Waals surface area contributed by atoms with Crippen molar-refractivity contribution in [2.45, 2.75) is 45.6 Å². The van der Waals surface area contributed by atoms with E-state index in [0.717, 1.165) is 27.7 Å². The SMILES string of the molecule is COC(=O)N(Cc1cccc(C#N)c1)c1sc(CC2CCCC2)nc1C. The lowest BCUT2D eigenvalue weighted by Gasteiger charge is -2.20. The quantitative estimate of drug-likeness (QED) is 0.757. The predicted molar refractivity (Wildman–Crippen MR) is 102 cm³/mol. The summed E-state index contributed by atoms with van der Waals surface area (Å²) in [5, 5.41) is 11.0. The summed E-state index contributed by atoms with van der Waals surface area (Å²) in [6, 6.07) is 9.42. The predicted octanol–water partition coefficient (Wildman–Crippen LogP) is 4.83. The fourth-order valence-corrected chi connectivity index (χ4v) is 4.66. The zero-order valence-corrected chi connectivity index (χ0v) is 16.0. The summed E-state index contributed by atoms with van der Waals surface area (Å²) in [4.78, 5) is 18.7. The van der Waals surface area contributed by atoms with Gasteiger partial charge in [0.1, 0.15) is 5.00 Å². The summed E-state index contributed by atoms with van der Waals surface area (Å²) in [6.07, 6.45) is 5.75. The molecule has 0 unspecified atom stereocenters. The van der Waals surface area contributed by atoms with Gasteiger partial charge in [0.05, 0.1) is 36.0 Å². The first-order valence-electron chi connectivity index (χ1n) is 8.91. The van der Waals surface area contributed by atoms with Gasteiger partial charge >= 0.3 is 6.09 Å². The number of rotatable bonds is 5. The minimum absolute atomic E-state index is 0.355. The lowest BCUT2D eigenvalue weighted by molar-refractivity contribution is 0.178. The largest absolute Gasteiger partial charge is 0.452 e. The van der Waals surface area contributed by atoms with Gasteiger partial charge in [-0.2, -0.15) is 5.26 Å². The molecule has 2 aromatic rings.